The molecule has 8 heteroatoms. The summed E-state index contributed by atoms with van der Waals surface area (Å²) >= 11 is 0. The van der Waals surface area contributed by atoms with Crippen LogP contribution in [0.5, 0.6) is 0 Å². The van der Waals surface area contributed by atoms with Crippen molar-refractivity contribution in [2.75, 3.05) is 25.0 Å². The normalized spacial score (nSPS) is 16.9. The fraction of sp³-hybridized carbons (Fsp3) is 0.263. The van der Waals surface area contributed by atoms with Crippen LogP contribution in [0.3, 0.4) is 0 Å². The Bertz CT molecular complexity index is 888. The van der Waals surface area contributed by atoms with Crippen molar-refractivity contribution in [3.8, 4) is 0 Å². The van der Waals surface area contributed by atoms with Crippen molar-refractivity contribution in [2.45, 2.75) is 13.0 Å². The number of morpholine rings is 1. The van der Waals surface area contributed by atoms with Crippen LogP contribution in [0.25, 0.3) is 0 Å². The first kappa shape index (κ1) is 18.9. The van der Waals surface area contributed by atoms with Crippen molar-refractivity contribution in [1.82, 2.24) is 4.90 Å². The molecule has 0 saturated carbocycles. The van der Waals surface area contributed by atoms with Crippen LogP contribution >= 0.6 is 0 Å². The summed E-state index contributed by atoms with van der Waals surface area (Å²) in [4.78, 5) is 26.4. The van der Waals surface area contributed by atoms with Gasteiger partial charge in [0.25, 0.3) is 11.8 Å². The standard InChI is InChI=1S/C19H17F3N2O3/c1-11-10-24(7-8-27-11)19(26)12-3-2-4-13(9-12)23-18(25)14-5-6-15(20)17(22)16(14)21/h2-6,9,11H,7-8,10H2,1H3,(H,23,25). The zero-order chi connectivity index (χ0) is 19.6. The minimum Gasteiger partial charge on any atom is -0.375 e. The lowest BCUT2D eigenvalue weighted by Gasteiger charge is -2.31. The second-order valence-electron chi connectivity index (χ2n) is 6.19. The van der Waals surface area contributed by atoms with Crippen molar-refractivity contribution < 1.29 is 27.5 Å². The number of benzene rings is 2. The Labute approximate surface area is 153 Å². The number of nitrogens with one attached hydrogen (secondary N) is 1. The average molecular weight is 378 g/mol. The molecule has 27 heavy (non-hydrogen) atoms. The maximum Gasteiger partial charge on any atom is 0.258 e. The molecule has 2 aromatic carbocycles. The van der Waals surface area contributed by atoms with E-state index in [0.717, 1.165) is 6.07 Å². The summed E-state index contributed by atoms with van der Waals surface area (Å²) in [6, 6.07) is 7.64. The summed E-state index contributed by atoms with van der Waals surface area (Å²) in [5, 5.41) is 2.39. The van der Waals surface area contributed by atoms with Gasteiger partial charge in [-0.2, -0.15) is 0 Å². The van der Waals surface area contributed by atoms with Crippen LogP contribution in [0.1, 0.15) is 27.6 Å². The van der Waals surface area contributed by atoms with Crippen molar-refractivity contribution in [3.63, 3.8) is 0 Å². The average Bonchev–Trinajstić information content (AvgIpc) is 2.65. The summed E-state index contributed by atoms with van der Waals surface area (Å²) < 4.78 is 45.5. The fourth-order valence-corrected chi connectivity index (χ4v) is 2.82. The van der Waals surface area contributed by atoms with Gasteiger partial charge < -0.3 is 15.0 Å². The summed E-state index contributed by atoms with van der Waals surface area (Å²) in [7, 11) is 0. The van der Waals surface area contributed by atoms with Gasteiger partial charge in [-0.15, -0.1) is 0 Å². The van der Waals surface area contributed by atoms with Gasteiger partial charge in [0.15, 0.2) is 17.5 Å². The second-order valence-corrected chi connectivity index (χ2v) is 6.19. The third-order valence-electron chi connectivity index (χ3n) is 4.18. The first-order valence-electron chi connectivity index (χ1n) is 8.32. The van der Waals surface area contributed by atoms with E-state index < -0.39 is 28.9 Å². The van der Waals surface area contributed by atoms with Crippen molar-refractivity contribution >= 4 is 17.5 Å². The highest BCUT2D eigenvalue weighted by Gasteiger charge is 2.23. The molecule has 1 heterocycles. The Hall–Kier alpha value is -2.87. The molecule has 1 saturated heterocycles. The molecule has 1 atom stereocenters. The number of carbonyl (C=O) groups excluding carboxylic acids is 2. The molecule has 1 fully saturated rings. The molecule has 3 rings (SSSR count). The zero-order valence-electron chi connectivity index (χ0n) is 14.5. The van der Waals surface area contributed by atoms with Gasteiger partial charge in [0, 0.05) is 24.3 Å². The van der Waals surface area contributed by atoms with Crippen LogP contribution in [-0.2, 0) is 4.74 Å². The van der Waals surface area contributed by atoms with Gasteiger partial charge in [-0.1, -0.05) is 6.07 Å². The highest BCUT2D eigenvalue weighted by Crippen LogP contribution is 2.19. The highest BCUT2D eigenvalue weighted by molar-refractivity contribution is 6.05. The van der Waals surface area contributed by atoms with Crippen LogP contribution in [0.2, 0.25) is 0 Å². The number of nitrogens with zero attached hydrogens (tertiary/aromatic N) is 1. The molecule has 1 aliphatic heterocycles. The van der Waals surface area contributed by atoms with Gasteiger partial charge in [0.05, 0.1) is 18.3 Å². The molecular formula is C19H17F3N2O3. The van der Waals surface area contributed by atoms with Gasteiger partial charge in [0.1, 0.15) is 0 Å². The predicted octanol–water partition coefficient (Wildman–Crippen LogP) is 3.22. The zero-order valence-corrected chi connectivity index (χ0v) is 14.5. The Balaban J connectivity index is 1.77. The molecule has 5 nitrogen and oxygen atoms in total. The first-order chi connectivity index (χ1) is 12.9. The fourth-order valence-electron chi connectivity index (χ4n) is 2.82. The van der Waals surface area contributed by atoms with Gasteiger partial charge in [-0.05, 0) is 37.3 Å². The summed E-state index contributed by atoms with van der Waals surface area (Å²) in [5.74, 6) is -5.83. The predicted molar refractivity (Wildman–Crippen MR) is 92.0 cm³/mol. The van der Waals surface area contributed by atoms with E-state index in [9.17, 15) is 22.8 Å². The second kappa shape index (κ2) is 7.79. The van der Waals surface area contributed by atoms with Gasteiger partial charge >= 0.3 is 0 Å². The van der Waals surface area contributed by atoms with Crippen LogP contribution in [0, 0.1) is 17.5 Å². The van der Waals surface area contributed by atoms with E-state index in [-0.39, 0.29) is 17.7 Å². The first-order valence-corrected chi connectivity index (χ1v) is 8.32. The maximum atomic E-state index is 13.8. The number of hydrogen-bond donors (Lipinski definition) is 1. The van der Waals surface area contributed by atoms with Gasteiger partial charge in [-0.25, -0.2) is 13.2 Å². The summed E-state index contributed by atoms with van der Waals surface area (Å²) in [5.41, 5.74) is -0.0587. The van der Waals surface area contributed by atoms with E-state index in [1.54, 1.807) is 17.0 Å². The lowest BCUT2D eigenvalue weighted by Crippen LogP contribution is -2.44. The van der Waals surface area contributed by atoms with Crippen molar-refractivity contribution in [2.24, 2.45) is 0 Å². The number of ether oxygens (including phenoxy) is 1. The van der Waals surface area contributed by atoms with Crippen LogP contribution < -0.4 is 5.32 Å². The molecule has 2 aromatic rings. The minimum atomic E-state index is -1.71. The van der Waals surface area contributed by atoms with E-state index in [1.807, 2.05) is 6.92 Å². The third kappa shape index (κ3) is 4.11. The molecular weight excluding hydrogens is 361 g/mol. The van der Waals surface area contributed by atoms with Crippen LogP contribution in [0.15, 0.2) is 36.4 Å². The number of amides is 2. The number of anilines is 1. The Morgan fingerprint density at radius 2 is 1.93 bits per heavy atom. The van der Waals surface area contributed by atoms with Crippen molar-refractivity contribution in [1.29, 1.82) is 0 Å². The SMILES string of the molecule is CC1CN(C(=O)c2cccc(NC(=O)c3ccc(F)c(F)c3F)c2)CCO1. The summed E-state index contributed by atoms with van der Waals surface area (Å²) in [6.45, 7) is 3.22. The molecule has 0 spiro atoms. The maximum absolute atomic E-state index is 13.8. The number of halogens is 3. The quantitative estimate of drug-likeness (QED) is 0.835. The van der Waals surface area contributed by atoms with E-state index >= 15 is 0 Å². The molecule has 0 radical (unpaired) electrons. The number of carbonyl (C=O) groups is 2. The van der Waals surface area contributed by atoms with Crippen LogP contribution in [-0.4, -0.2) is 42.5 Å². The monoisotopic (exact) mass is 378 g/mol. The molecule has 1 unspecified atom stereocenters. The van der Waals surface area contributed by atoms with Gasteiger partial charge in [-0.3, -0.25) is 9.59 Å². The van der Waals surface area contributed by atoms with Crippen LogP contribution in [0.4, 0.5) is 18.9 Å². The summed E-state index contributed by atoms with van der Waals surface area (Å²) in [6.07, 6.45) is -0.0677. The van der Waals surface area contributed by atoms with Gasteiger partial charge in [0.2, 0.25) is 0 Å². The molecule has 2 amide bonds. The Kier molecular flexibility index (Phi) is 5.46. The molecule has 142 valence electrons. The minimum absolute atomic E-state index is 0.0677. The number of hydrogen-bond acceptors (Lipinski definition) is 3. The Morgan fingerprint density at radius 1 is 1.15 bits per heavy atom. The van der Waals surface area contributed by atoms with E-state index in [0.29, 0.717) is 31.3 Å². The van der Waals surface area contributed by atoms with E-state index in [1.165, 1.54) is 12.1 Å². The molecule has 1 aliphatic rings. The lowest BCUT2D eigenvalue weighted by atomic mass is 10.1. The molecule has 1 N–H and O–H groups in total. The molecule has 0 bridgehead atoms. The van der Waals surface area contributed by atoms with E-state index in [4.69, 9.17) is 4.74 Å². The van der Waals surface area contributed by atoms with E-state index in [2.05, 4.69) is 5.32 Å². The molecule has 0 aliphatic carbocycles. The largest absolute Gasteiger partial charge is 0.375 e. The van der Waals surface area contributed by atoms with Crippen molar-refractivity contribution in [3.05, 3.63) is 65.0 Å². The highest BCUT2D eigenvalue weighted by atomic mass is 19.2. The molecule has 0 aromatic heterocycles. The third-order valence-corrected chi connectivity index (χ3v) is 4.18. The smallest absolute Gasteiger partial charge is 0.258 e. The Morgan fingerprint density at radius 3 is 2.67 bits per heavy atom. The number of rotatable bonds is 3. The lowest BCUT2D eigenvalue weighted by molar-refractivity contribution is -0.0124. The topological polar surface area (TPSA) is 58.6 Å².